The summed E-state index contributed by atoms with van der Waals surface area (Å²) in [7, 11) is 0. The molecule has 29 heavy (non-hydrogen) atoms. The normalized spacial score (nSPS) is 10.8. The maximum Gasteiger partial charge on any atom is 0.253 e. The lowest BCUT2D eigenvalue weighted by Gasteiger charge is -2.19. The van der Waals surface area contributed by atoms with Crippen molar-refractivity contribution in [2.24, 2.45) is 5.73 Å². The van der Waals surface area contributed by atoms with E-state index >= 15 is 0 Å². The Morgan fingerprint density at radius 2 is 1.69 bits per heavy atom. The maximum absolute atomic E-state index is 12.3. The molecule has 2 aromatic heterocycles. The third-order valence-corrected chi connectivity index (χ3v) is 5.14. The van der Waals surface area contributed by atoms with Crippen molar-refractivity contribution in [3.63, 3.8) is 0 Å². The van der Waals surface area contributed by atoms with E-state index in [9.17, 15) is 14.4 Å². The summed E-state index contributed by atoms with van der Waals surface area (Å²) in [4.78, 5) is 39.9. The van der Waals surface area contributed by atoms with Crippen LogP contribution < -0.4 is 27.2 Å². The highest BCUT2D eigenvalue weighted by atomic mass is 32.1. The summed E-state index contributed by atoms with van der Waals surface area (Å²) in [6.07, 6.45) is 3.17. The first-order valence-corrected chi connectivity index (χ1v) is 9.69. The molecule has 0 aliphatic rings. The van der Waals surface area contributed by atoms with E-state index in [1.54, 1.807) is 30.6 Å². The first-order chi connectivity index (χ1) is 14.0. The molecule has 0 spiro atoms. The molecule has 4 aromatic rings. The summed E-state index contributed by atoms with van der Waals surface area (Å²) < 4.78 is 0. The van der Waals surface area contributed by atoms with E-state index in [4.69, 9.17) is 5.73 Å². The van der Waals surface area contributed by atoms with Gasteiger partial charge in [0.25, 0.3) is 10.9 Å². The Balaban J connectivity index is 1.77. The fourth-order valence-electron chi connectivity index (χ4n) is 3.08. The number of benzene rings is 1. The summed E-state index contributed by atoms with van der Waals surface area (Å²) in [5.41, 5.74) is 8.11. The predicted octanol–water partition coefficient (Wildman–Crippen LogP) is 2.92. The standard InChI is InChI=1S/C21H16N4O3S/c22-16(26)10-12-2-1-3-15(13-6-9-29-11-13)17(12)25-19-18(20(27)21(19)28)24-14-4-7-23-8-5-14/h1-9,11,25H,10H2,(H2,22,26)(H,23,24). The van der Waals surface area contributed by atoms with Gasteiger partial charge in [0, 0.05) is 23.6 Å². The quantitative estimate of drug-likeness (QED) is 0.408. The molecule has 4 rings (SSSR count). The van der Waals surface area contributed by atoms with E-state index in [0.29, 0.717) is 16.9 Å². The second-order valence-electron chi connectivity index (χ2n) is 6.39. The number of primary amides is 1. The molecule has 0 aliphatic carbocycles. The highest BCUT2D eigenvalue weighted by molar-refractivity contribution is 7.08. The number of thiophene rings is 1. The number of carbonyl (C=O) groups is 1. The number of hydrogen-bond donors (Lipinski definition) is 3. The van der Waals surface area contributed by atoms with Gasteiger partial charge in [-0.25, -0.2) is 0 Å². The van der Waals surface area contributed by atoms with Crippen molar-refractivity contribution in [3.8, 4) is 11.1 Å². The van der Waals surface area contributed by atoms with Crippen molar-refractivity contribution >= 4 is 40.0 Å². The highest BCUT2D eigenvalue weighted by Crippen LogP contribution is 2.36. The number of aromatic nitrogens is 1. The zero-order valence-electron chi connectivity index (χ0n) is 15.1. The van der Waals surface area contributed by atoms with E-state index in [1.807, 2.05) is 29.0 Å². The number of para-hydroxylation sites is 1. The molecule has 0 fully saturated rings. The number of nitrogens with one attached hydrogen (secondary N) is 2. The van der Waals surface area contributed by atoms with Crippen LogP contribution in [0.5, 0.6) is 0 Å². The predicted molar refractivity (Wildman–Crippen MR) is 115 cm³/mol. The average molecular weight is 404 g/mol. The number of carbonyl (C=O) groups excluding carboxylic acids is 1. The van der Waals surface area contributed by atoms with Gasteiger partial charge in [0.2, 0.25) is 5.91 Å². The maximum atomic E-state index is 12.3. The van der Waals surface area contributed by atoms with Crippen LogP contribution in [0.25, 0.3) is 11.1 Å². The van der Waals surface area contributed by atoms with Crippen LogP contribution in [0.4, 0.5) is 22.7 Å². The second-order valence-corrected chi connectivity index (χ2v) is 7.17. The molecule has 0 aliphatic heterocycles. The van der Waals surface area contributed by atoms with Crippen molar-refractivity contribution in [2.45, 2.75) is 6.42 Å². The SMILES string of the molecule is NC(=O)Cc1cccc(-c2ccsc2)c1Nc1c(Nc2ccncc2)c(=O)c1=O. The molecule has 0 saturated carbocycles. The molecular formula is C21H16N4O3S. The minimum atomic E-state index is -0.619. The molecule has 4 N–H and O–H groups in total. The third kappa shape index (κ3) is 3.65. The zero-order valence-corrected chi connectivity index (χ0v) is 16.0. The molecule has 1 amide bonds. The number of nitrogens with zero attached hydrogens (tertiary/aromatic N) is 1. The summed E-state index contributed by atoms with van der Waals surface area (Å²) in [5, 5.41) is 9.95. The summed E-state index contributed by atoms with van der Waals surface area (Å²) >= 11 is 1.53. The zero-order chi connectivity index (χ0) is 20.4. The lowest BCUT2D eigenvalue weighted by Crippen LogP contribution is -2.36. The lowest BCUT2D eigenvalue weighted by molar-refractivity contribution is -0.117. The van der Waals surface area contributed by atoms with Gasteiger partial charge < -0.3 is 16.4 Å². The van der Waals surface area contributed by atoms with Crippen molar-refractivity contribution in [1.29, 1.82) is 0 Å². The van der Waals surface area contributed by atoms with Gasteiger partial charge in [-0.1, -0.05) is 18.2 Å². The van der Waals surface area contributed by atoms with E-state index in [0.717, 1.165) is 11.1 Å². The Hall–Kier alpha value is -3.78. The van der Waals surface area contributed by atoms with Gasteiger partial charge in [-0.05, 0) is 40.1 Å². The third-order valence-electron chi connectivity index (χ3n) is 4.46. The van der Waals surface area contributed by atoms with Gasteiger partial charge in [-0.3, -0.25) is 19.4 Å². The van der Waals surface area contributed by atoms with Crippen molar-refractivity contribution < 1.29 is 4.79 Å². The highest BCUT2D eigenvalue weighted by Gasteiger charge is 2.23. The van der Waals surface area contributed by atoms with Crippen molar-refractivity contribution in [2.75, 3.05) is 10.6 Å². The number of hydrogen-bond acceptors (Lipinski definition) is 7. The smallest absolute Gasteiger partial charge is 0.253 e. The van der Waals surface area contributed by atoms with Crippen LogP contribution in [-0.2, 0) is 11.2 Å². The minimum absolute atomic E-state index is 0.00282. The molecule has 0 bridgehead atoms. The fraction of sp³-hybridized carbons (Fsp3) is 0.0476. The van der Waals surface area contributed by atoms with Gasteiger partial charge >= 0.3 is 0 Å². The molecule has 0 saturated heterocycles. The molecule has 2 heterocycles. The monoisotopic (exact) mass is 404 g/mol. The van der Waals surface area contributed by atoms with Crippen LogP contribution in [0, 0.1) is 0 Å². The molecule has 7 nitrogen and oxygen atoms in total. The Morgan fingerprint density at radius 1 is 0.966 bits per heavy atom. The first kappa shape index (κ1) is 18.6. The van der Waals surface area contributed by atoms with Crippen LogP contribution in [-0.4, -0.2) is 10.9 Å². The van der Waals surface area contributed by atoms with Crippen molar-refractivity contribution in [3.05, 3.63) is 85.6 Å². The van der Waals surface area contributed by atoms with Gasteiger partial charge in [0.1, 0.15) is 11.4 Å². The Kier molecular flexibility index (Phi) is 4.92. The Labute approximate surface area is 169 Å². The molecule has 8 heteroatoms. The average Bonchev–Trinajstić information content (AvgIpc) is 3.26. The Morgan fingerprint density at radius 3 is 2.34 bits per heavy atom. The number of nitrogens with two attached hydrogens (primary N) is 1. The fourth-order valence-corrected chi connectivity index (χ4v) is 3.73. The molecular weight excluding hydrogens is 388 g/mol. The molecule has 144 valence electrons. The molecule has 0 unspecified atom stereocenters. The van der Waals surface area contributed by atoms with Crippen molar-refractivity contribution in [1.82, 2.24) is 4.98 Å². The summed E-state index contributed by atoms with van der Waals surface area (Å²) in [6, 6.07) is 10.8. The van der Waals surface area contributed by atoms with Crippen LogP contribution in [0.15, 0.2) is 69.1 Å². The second kappa shape index (κ2) is 7.69. The van der Waals surface area contributed by atoms with Crippen LogP contribution in [0.3, 0.4) is 0 Å². The summed E-state index contributed by atoms with van der Waals surface area (Å²) in [5.74, 6) is -0.490. The number of pyridine rings is 1. The number of rotatable bonds is 7. The van der Waals surface area contributed by atoms with Crippen LogP contribution in [0.2, 0.25) is 0 Å². The topological polar surface area (TPSA) is 114 Å². The van der Waals surface area contributed by atoms with E-state index in [2.05, 4.69) is 15.6 Å². The number of amides is 1. The minimum Gasteiger partial charge on any atom is -0.369 e. The van der Waals surface area contributed by atoms with Crippen LogP contribution in [0.1, 0.15) is 5.56 Å². The van der Waals surface area contributed by atoms with Gasteiger partial charge in [0.15, 0.2) is 0 Å². The van der Waals surface area contributed by atoms with E-state index < -0.39 is 16.8 Å². The van der Waals surface area contributed by atoms with Crippen LogP contribution >= 0.6 is 11.3 Å². The van der Waals surface area contributed by atoms with Gasteiger partial charge in [-0.2, -0.15) is 11.3 Å². The molecule has 0 radical (unpaired) electrons. The summed E-state index contributed by atoms with van der Waals surface area (Å²) in [6.45, 7) is 0. The Bertz CT molecular complexity index is 1240. The lowest BCUT2D eigenvalue weighted by atomic mass is 9.99. The molecule has 0 atom stereocenters. The first-order valence-electron chi connectivity index (χ1n) is 8.74. The largest absolute Gasteiger partial charge is 0.369 e. The van der Waals surface area contributed by atoms with E-state index in [1.165, 1.54) is 11.3 Å². The van der Waals surface area contributed by atoms with Gasteiger partial charge in [0.05, 0.1) is 12.1 Å². The number of anilines is 4. The van der Waals surface area contributed by atoms with Gasteiger partial charge in [-0.15, -0.1) is 0 Å². The molecule has 2 aromatic carbocycles. The van der Waals surface area contributed by atoms with E-state index in [-0.39, 0.29) is 17.8 Å².